The van der Waals surface area contributed by atoms with Crippen molar-refractivity contribution in [1.82, 2.24) is 0 Å². The van der Waals surface area contributed by atoms with Gasteiger partial charge in [0, 0.05) is 91.4 Å². The van der Waals surface area contributed by atoms with Crippen molar-refractivity contribution < 1.29 is 106 Å². The van der Waals surface area contributed by atoms with Crippen molar-refractivity contribution in [3.05, 3.63) is 316 Å². The number of ketones is 4. The van der Waals surface area contributed by atoms with Gasteiger partial charge in [0.15, 0.2) is 23.1 Å². The van der Waals surface area contributed by atoms with Crippen LogP contribution in [0.25, 0.3) is 11.3 Å². The van der Waals surface area contributed by atoms with Crippen LogP contribution in [-0.4, -0.2) is 115 Å². The van der Waals surface area contributed by atoms with Gasteiger partial charge in [-0.05, 0) is 279 Å². The zero-order valence-corrected chi connectivity index (χ0v) is 91.0. The minimum absolute atomic E-state index is 0. The summed E-state index contributed by atoms with van der Waals surface area (Å²) in [6.07, 6.45) is 13.4. The fraction of sp³-hybridized carbons (Fsp3) is 0.377. The Bertz CT molecular complexity index is 7120. The molecule has 0 spiro atoms. The number of alkyl halides is 3. The number of allylic oxidation sites excluding steroid dienone is 2. The van der Waals surface area contributed by atoms with Gasteiger partial charge < -0.3 is 33.3 Å². The maximum atomic E-state index is 14.2. The first kappa shape index (κ1) is 119. The summed E-state index contributed by atoms with van der Waals surface area (Å²) in [6.45, 7) is 44.5. The van der Waals surface area contributed by atoms with Crippen molar-refractivity contribution in [3.63, 3.8) is 0 Å². The van der Waals surface area contributed by atoms with E-state index < -0.39 is 78.3 Å². The minimum Gasteiger partial charge on any atom is -0.508 e. The molecule has 9 aromatic carbocycles. The van der Waals surface area contributed by atoms with Gasteiger partial charge in [-0.25, -0.2) is 18.0 Å². The predicted octanol–water partition coefficient (Wildman–Crippen LogP) is 25.9. The Kier molecular flexibility index (Phi) is 39.4. The van der Waals surface area contributed by atoms with Gasteiger partial charge in [-0.1, -0.05) is 215 Å². The highest BCUT2D eigenvalue weighted by molar-refractivity contribution is 7.87. The van der Waals surface area contributed by atoms with Crippen LogP contribution in [0.2, 0.25) is 39.3 Å². The average Bonchev–Trinajstić information content (AvgIpc) is 0.758. The van der Waals surface area contributed by atoms with Crippen molar-refractivity contribution >= 4 is 84.6 Å². The summed E-state index contributed by atoms with van der Waals surface area (Å²) in [4.78, 5) is 93.8. The molecule has 148 heavy (non-hydrogen) atoms. The van der Waals surface area contributed by atoms with Crippen LogP contribution in [0.15, 0.2) is 176 Å². The molecule has 17 nitrogen and oxygen atoms in total. The van der Waals surface area contributed by atoms with E-state index in [-0.39, 0.29) is 129 Å². The molecular weight excluding hydrogens is 1940 g/mol. The molecule has 0 saturated heterocycles. The number of hydrogen-bond donors (Lipinski definition) is 2. The van der Waals surface area contributed by atoms with E-state index in [9.17, 15) is 78.2 Å². The first-order valence-corrected chi connectivity index (χ1v) is 56.9. The van der Waals surface area contributed by atoms with E-state index >= 15 is 0 Å². The van der Waals surface area contributed by atoms with Gasteiger partial charge in [0.1, 0.15) is 50.9 Å². The molecule has 15 rings (SSSR count). The number of esters is 3. The van der Waals surface area contributed by atoms with E-state index in [1.165, 1.54) is 68.3 Å². The monoisotopic (exact) mass is 2070 g/mol. The molecular formula is C122H134F6O17SSi2. The Labute approximate surface area is 870 Å². The number of phenolic OH excluding ortho intramolecular Hbond substituents is 1. The molecule has 2 unspecified atom stereocenters. The number of halogens is 6. The Hall–Kier alpha value is -13.8. The van der Waals surface area contributed by atoms with Crippen LogP contribution >= 0.6 is 0 Å². The Morgan fingerprint density at radius 1 is 0.446 bits per heavy atom. The zero-order valence-electron chi connectivity index (χ0n) is 88.2. The number of ether oxygens (including phenoxy) is 4. The van der Waals surface area contributed by atoms with Gasteiger partial charge in [-0.3, -0.25) is 33.6 Å². The largest absolute Gasteiger partial charge is 0.534 e. The molecule has 780 valence electrons. The molecule has 6 aliphatic rings. The summed E-state index contributed by atoms with van der Waals surface area (Å²) >= 11 is 0. The van der Waals surface area contributed by atoms with Gasteiger partial charge in [0.25, 0.3) is 0 Å². The molecule has 0 fully saturated rings. The quantitative estimate of drug-likeness (QED) is 0.0232. The van der Waals surface area contributed by atoms with Crippen LogP contribution in [-0.2, 0) is 99.4 Å². The summed E-state index contributed by atoms with van der Waals surface area (Å²) in [7, 11) is -4.15. The van der Waals surface area contributed by atoms with Gasteiger partial charge in [-0.15, -0.1) is 17.5 Å². The molecule has 0 radical (unpaired) electrons. The molecule has 9 aromatic rings. The van der Waals surface area contributed by atoms with E-state index in [1.54, 1.807) is 62.6 Å². The Morgan fingerprint density at radius 3 is 1.17 bits per heavy atom. The first-order valence-electron chi connectivity index (χ1n) is 48.5. The SMILES string of the molecule is C.C#C[Si](C)(C)C.CC1CC(C)(C)c2cc(C#C[Si](C)(C)C)ccc2C1=O.CC1CC(C)(C)c2cc(O)ccc2C1=O.CCOC(=O)C1=CCC(C)(C)c2cc(C#Cc3ccc(CC(=O)O)c(F)c3)ccc21.COC(=O)Cc1ccc(C#Cc2ccc3c(c2)C(C)(C)CC=C3OS(=O)(=O)C(F)(F)F)cc1F.COC(=O)Cc1ccc(C#Cc2ccc3c(c2)C(C)(C)CCC3=O)cc1F.COc1ccc2c(c1)C(C)(C)CCC2=O. The van der Waals surface area contributed by atoms with E-state index in [0.717, 1.165) is 98.2 Å². The Balaban J connectivity index is 0.000000218. The van der Waals surface area contributed by atoms with Gasteiger partial charge in [0.05, 0.1) is 52.8 Å². The molecule has 0 aromatic heterocycles. The number of terminal acetylenes is 1. The number of carboxylic acid groups (broad SMARTS) is 1. The highest BCUT2D eigenvalue weighted by Crippen LogP contribution is 2.47. The summed E-state index contributed by atoms with van der Waals surface area (Å²) in [5.41, 5.74) is 15.7. The van der Waals surface area contributed by atoms with Gasteiger partial charge >= 0.3 is 39.5 Å². The van der Waals surface area contributed by atoms with Crippen molar-refractivity contribution in [1.29, 1.82) is 0 Å². The number of Topliss-reactive ketones (excluding diaryl/α,β-unsaturated/α-hetero) is 4. The second-order valence-electron chi connectivity index (χ2n) is 43.2. The van der Waals surface area contributed by atoms with Crippen molar-refractivity contribution in [2.45, 2.75) is 259 Å². The first-order chi connectivity index (χ1) is 68.4. The van der Waals surface area contributed by atoms with E-state index in [1.807, 2.05) is 101 Å². The third-order valence-electron chi connectivity index (χ3n) is 26.1. The molecule has 0 saturated carbocycles. The van der Waals surface area contributed by atoms with Crippen LogP contribution in [0.5, 0.6) is 11.5 Å². The van der Waals surface area contributed by atoms with E-state index in [4.69, 9.17) is 21.0 Å². The normalized spacial score (nSPS) is 16.5. The molecule has 26 heteroatoms. The van der Waals surface area contributed by atoms with Crippen molar-refractivity contribution in [2.75, 3.05) is 27.9 Å². The predicted molar refractivity (Wildman–Crippen MR) is 575 cm³/mol. The van der Waals surface area contributed by atoms with Crippen LogP contribution in [0, 0.1) is 88.2 Å². The average molecular weight is 2070 g/mol. The molecule has 2 N–H and O–H groups in total. The Morgan fingerprint density at radius 2 is 0.784 bits per heavy atom. The second-order valence-corrected chi connectivity index (χ2v) is 54.3. The number of carbonyl (C=O) groups excluding carboxylic acids is 7. The summed E-state index contributed by atoms with van der Waals surface area (Å²) in [5.74, 6) is 18.6. The highest BCUT2D eigenvalue weighted by atomic mass is 32.2. The number of benzene rings is 9. The standard InChI is InChI=1S/C25H23FO4.C24H20F4O5S.C23H21FO3.C18H24OSi.2C13H16O2.C5H10Si.CH4/c1-4-30-24(29)20-11-12-25(2,3)21-13-16(8-10-19(20)21)5-6-17-7-9-18(15-23(27)28)22(26)14-17;1-23(2)11-10-21(33-34(30,31)24(26,27)28)18-9-7-15(12-19(18)23)4-5-16-6-8-17(20(25)13-16)14-22(29)32-3;1-23(2)11-10-21(25)18-9-7-15(12-19(18)23)4-5-16-6-8-17(20(24)13-16)14-22(26)27-3;1-13-12-18(2,3)16-11-14(9-10-20(4,5)6)7-8-15(16)17(13)19;1-8-7-13(2,3)11-6-9(14)4-5-10(11)12(8)15;1-13(2)7-6-12(14)10-5-4-9(15-3)8-11(10)13;1-5-6(2,3)4;/h7-11,13-14H,4,12,15H2,1-3H3,(H,27,28);6-10,12-13H,11,14H2,1-3H3;6-9,12-13H,10-11,14H2,1-3H3;7-8,11,13H,12H2,1-6H3;4-6,8,14H,7H2,1-3H3;4-5,8H,6-7H2,1-3H3;1H,2-4H3;1H4. The number of hydrogen-bond acceptors (Lipinski definition) is 16. The fourth-order valence-corrected chi connectivity index (χ4v) is 18.7. The number of fused-ring (bicyclic) bond motifs is 6. The molecule has 2 atom stereocenters. The van der Waals surface area contributed by atoms with Crippen molar-refractivity contribution in [3.8, 4) is 70.5 Å². The summed E-state index contributed by atoms with van der Waals surface area (Å²) in [6, 6.07) is 45.8. The zero-order chi connectivity index (χ0) is 109. The smallest absolute Gasteiger partial charge is 0.508 e. The molecule has 0 heterocycles. The molecule has 0 bridgehead atoms. The van der Waals surface area contributed by atoms with E-state index in [0.29, 0.717) is 59.3 Å². The molecule has 0 amide bonds. The number of carboxylic acids is 1. The minimum atomic E-state index is -5.81. The van der Waals surface area contributed by atoms with Crippen LogP contribution < -0.4 is 4.74 Å². The summed E-state index contributed by atoms with van der Waals surface area (Å²) in [5, 5.41) is 18.3. The van der Waals surface area contributed by atoms with Crippen LogP contribution in [0.1, 0.15) is 304 Å². The third kappa shape index (κ3) is 31.6. The lowest BCUT2D eigenvalue weighted by Crippen LogP contribution is -2.33. The topological polar surface area (TPSA) is 257 Å². The fourth-order valence-electron chi connectivity index (χ4n) is 17.7. The number of aliphatic carboxylic acids is 1. The second kappa shape index (κ2) is 48.9. The number of carbonyl (C=O) groups is 8. The van der Waals surface area contributed by atoms with Crippen LogP contribution in [0.3, 0.4) is 0 Å². The highest BCUT2D eigenvalue weighted by Gasteiger charge is 2.50. The van der Waals surface area contributed by atoms with Gasteiger partial charge in [-0.2, -0.15) is 21.6 Å². The summed E-state index contributed by atoms with van der Waals surface area (Å²) < 4.78 is 128. The molecule has 0 aliphatic heterocycles. The third-order valence-corrected chi connectivity index (χ3v) is 28.8. The lowest BCUT2D eigenvalue weighted by molar-refractivity contribution is -0.140. The maximum absolute atomic E-state index is 14.2. The number of rotatable bonds is 11. The number of methoxy groups -OCH3 is 3. The number of phenols is 1. The maximum Gasteiger partial charge on any atom is 0.534 e. The molecule has 6 aliphatic carbocycles. The van der Waals surface area contributed by atoms with Gasteiger partial charge in [0.2, 0.25) is 0 Å². The lowest BCUT2D eigenvalue weighted by atomic mass is 9.68. The number of aromatic hydroxyl groups is 1. The van der Waals surface area contributed by atoms with E-state index in [2.05, 4.69) is 181 Å². The van der Waals surface area contributed by atoms with Crippen LogP contribution in [0.4, 0.5) is 26.3 Å². The lowest BCUT2D eigenvalue weighted by Gasteiger charge is -2.35. The van der Waals surface area contributed by atoms with Crippen molar-refractivity contribution in [2.24, 2.45) is 11.8 Å².